The standard InChI is InChI=1S/C18H32O3/c1-4-5-6-7-9-12-16(2)15-17(21-3)13-10-8-11-14-18(19)20/h8,10-11,14,16-17H,4-7,9,12-13,15H2,1-3H3,(H,19,20)/b10-8+,14-11+. The van der Waals surface area contributed by atoms with Gasteiger partial charge in [-0.25, -0.2) is 4.79 Å². The summed E-state index contributed by atoms with van der Waals surface area (Å²) in [5, 5.41) is 8.48. The third kappa shape index (κ3) is 13.6. The largest absolute Gasteiger partial charge is 0.478 e. The summed E-state index contributed by atoms with van der Waals surface area (Å²) in [5.41, 5.74) is 0. The summed E-state index contributed by atoms with van der Waals surface area (Å²) in [6, 6.07) is 0. The number of carboxylic acids is 1. The SMILES string of the molecule is CCCCCCCC(C)CC(C/C=C/C=C/C(=O)O)OC. The summed E-state index contributed by atoms with van der Waals surface area (Å²) in [4.78, 5) is 10.3. The van der Waals surface area contributed by atoms with Crippen molar-refractivity contribution in [3.05, 3.63) is 24.3 Å². The Morgan fingerprint density at radius 1 is 1.19 bits per heavy atom. The van der Waals surface area contributed by atoms with Crippen LogP contribution in [0.2, 0.25) is 0 Å². The zero-order chi connectivity index (χ0) is 15.9. The molecule has 21 heavy (non-hydrogen) atoms. The Balaban J connectivity index is 3.83. The Bertz CT molecular complexity index is 308. The van der Waals surface area contributed by atoms with E-state index in [1.165, 1.54) is 38.5 Å². The first-order chi connectivity index (χ1) is 10.1. The second-order valence-electron chi connectivity index (χ2n) is 5.76. The lowest BCUT2D eigenvalue weighted by Gasteiger charge is -2.18. The van der Waals surface area contributed by atoms with Gasteiger partial charge in [-0.2, -0.15) is 0 Å². The third-order valence-electron chi connectivity index (χ3n) is 3.68. The lowest BCUT2D eigenvalue weighted by atomic mass is 9.95. The molecule has 0 rings (SSSR count). The fraction of sp³-hybridized carbons (Fsp3) is 0.722. The lowest BCUT2D eigenvalue weighted by molar-refractivity contribution is -0.131. The number of unbranched alkanes of at least 4 members (excludes halogenated alkanes) is 4. The number of hydrogen-bond acceptors (Lipinski definition) is 2. The number of hydrogen-bond donors (Lipinski definition) is 1. The molecule has 0 spiro atoms. The van der Waals surface area contributed by atoms with Crippen LogP contribution < -0.4 is 0 Å². The van der Waals surface area contributed by atoms with E-state index in [9.17, 15) is 4.79 Å². The van der Waals surface area contributed by atoms with Gasteiger partial charge in [-0.1, -0.05) is 70.6 Å². The minimum Gasteiger partial charge on any atom is -0.478 e. The van der Waals surface area contributed by atoms with Gasteiger partial charge in [0.1, 0.15) is 0 Å². The average molecular weight is 296 g/mol. The maximum Gasteiger partial charge on any atom is 0.328 e. The van der Waals surface area contributed by atoms with Crippen molar-refractivity contribution in [2.24, 2.45) is 5.92 Å². The molecule has 0 fully saturated rings. The van der Waals surface area contributed by atoms with Crippen LogP contribution in [0, 0.1) is 5.92 Å². The first-order valence-electron chi connectivity index (χ1n) is 8.19. The molecule has 1 N–H and O–H groups in total. The summed E-state index contributed by atoms with van der Waals surface area (Å²) < 4.78 is 5.50. The van der Waals surface area contributed by atoms with Crippen molar-refractivity contribution in [2.75, 3.05) is 7.11 Å². The second-order valence-corrected chi connectivity index (χ2v) is 5.76. The summed E-state index contributed by atoms with van der Waals surface area (Å²) in [7, 11) is 1.75. The van der Waals surface area contributed by atoms with E-state index in [1.54, 1.807) is 19.3 Å². The monoisotopic (exact) mass is 296 g/mol. The summed E-state index contributed by atoms with van der Waals surface area (Å²) >= 11 is 0. The normalized spacial score (nSPS) is 14.8. The van der Waals surface area contributed by atoms with Gasteiger partial charge in [-0.3, -0.25) is 0 Å². The predicted molar refractivity (Wildman–Crippen MR) is 88.5 cm³/mol. The fourth-order valence-electron chi connectivity index (χ4n) is 2.40. The molecule has 0 saturated heterocycles. The molecule has 0 bridgehead atoms. The summed E-state index contributed by atoms with van der Waals surface area (Å²) in [6.45, 7) is 4.53. The van der Waals surface area contributed by atoms with Crippen LogP contribution in [0.3, 0.4) is 0 Å². The highest BCUT2D eigenvalue weighted by Crippen LogP contribution is 2.19. The van der Waals surface area contributed by atoms with E-state index in [0.29, 0.717) is 5.92 Å². The van der Waals surface area contributed by atoms with E-state index < -0.39 is 5.97 Å². The molecule has 0 aromatic heterocycles. The Kier molecular flexibility index (Phi) is 13.2. The van der Waals surface area contributed by atoms with E-state index in [4.69, 9.17) is 9.84 Å². The van der Waals surface area contributed by atoms with Gasteiger partial charge in [0.05, 0.1) is 6.10 Å². The van der Waals surface area contributed by atoms with Crippen molar-refractivity contribution in [1.82, 2.24) is 0 Å². The van der Waals surface area contributed by atoms with Crippen LogP contribution >= 0.6 is 0 Å². The molecule has 0 aromatic carbocycles. The van der Waals surface area contributed by atoms with Crippen molar-refractivity contribution in [3.8, 4) is 0 Å². The molecule has 3 nitrogen and oxygen atoms in total. The van der Waals surface area contributed by atoms with Crippen molar-refractivity contribution < 1.29 is 14.6 Å². The van der Waals surface area contributed by atoms with E-state index in [2.05, 4.69) is 13.8 Å². The van der Waals surface area contributed by atoms with Crippen molar-refractivity contribution >= 4 is 5.97 Å². The molecule has 2 atom stereocenters. The van der Waals surface area contributed by atoms with Gasteiger partial charge < -0.3 is 9.84 Å². The van der Waals surface area contributed by atoms with Crippen molar-refractivity contribution in [1.29, 1.82) is 0 Å². The topological polar surface area (TPSA) is 46.5 Å². The summed E-state index contributed by atoms with van der Waals surface area (Å²) in [6.07, 6.45) is 16.5. The molecule has 0 saturated carbocycles. The molecule has 0 aromatic rings. The molecule has 3 heteroatoms. The number of allylic oxidation sites excluding steroid dienone is 2. The average Bonchev–Trinajstić information content (AvgIpc) is 2.45. The molecule has 0 amide bonds. The minimum atomic E-state index is -0.917. The van der Waals surface area contributed by atoms with Gasteiger partial charge in [0.2, 0.25) is 0 Å². The molecule has 2 unspecified atom stereocenters. The van der Waals surface area contributed by atoms with Crippen LogP contribution in [-0.2, 0) is 9.53 Å². The van der Waals surface area contributed by atoms with Gasteiger partial charge in [0.25, 0.3) is 0 Å². The number of rotatable bonds is 13. The van der Waals surface area contributed by atoms with Crippen LogP contribution in [0.15, 0.2) is 24.3 Å². The maximum atomic E-state index is 10.3. The Hall–Kier alpha value is -1.09. The number of carboxylic acid groups (broad SMARTS) is 1. The van der Waals surface area contributed by atoms with Crippen LogP contribution in [0.25, 0.3) is 0 Å². The molecule has 0 aliphatic heterocycles. The van der Waals surface area contributed by atoms with Gasteiger partial charge in [-0.05, 0) is 18.8 Å². The molecular weight excluding hydrogens is 264 g/mol. The summed E-state index contributed by atoms with van der Waals surface area (Å²) in [5.74, 6) is -0.237. The van der Waals surface area contributed by atoms with Crippen LogP contribution in [0.5, 0.6) is 0 Å². The van der Waals surface area contributed by atoms with Gasteiger partial charge >= 0.3 is 5.97 Å². The smallest absolute Gasteiger partial charge is 0.328 e. The van der Waals surface area contributed by atoms with E-state index >= 15 is 0 Å². The molecule has 0 radical (unpaired) electrons. The van der Waals surface area contributed by atoms with Crippen LogP contribution in [-0.4, -0.2) is 24.3 Å². The van der Waals surface area contributed by atoms with Gasteiger partial charge in [0, 0.05) is 13.2 Å². The Morgan fingerprint density at radius 2 is 1.90 bits per heavy atom. The molecule has 0 heterocycles. The highest BCUT2D eigenvalue weighted by Gasteiger charge is 2.11. The van der Waals surface area contributed by atoms with E-state index in [1.807, 2.05) is 6.08 Å². The van der Waals surface area contributed by atoms with Gasteiger partial charge in [-0.15, -0.1) is 0 Å². The number of ether oxygens (including phenoxy) is 1. The fourth-order valence-corrected chi connectivity index (χ4v) is 2.40. The first-order valence-corrected chi connectivity index (χ1v) is 8.19. The number of methoxy groups -OCH3 is 1. The van der Waals surface area contributed by atoms with Crippen LogP contribution in [0.4, 0.5) is 0 Å². The Morgan fingerprint density at radius 3 is 2.52 bits per heavy atom. The van der Waals surface area contributed by atoms with Crippen LogP contribution in [0.1, 0.15) is 65.2 Å². The highest BCUT2D eigenvalue weighted by molar-refractivity contribution is 5.80. The zero-order valence-electron chi connectivity index (χ0n) is 13.9. The highest BCUT2D eigenvalue weighted by atomic mass is 16.5. The molecule has 0 aliphatic carbocycles. The second kappa shape index (κ2) is 13.9. The number of aliphatic carboxylic acids is 1. The quantitative estimate of drug-likeness (QED) is 0.296. The maximum absolute atomic E-state index is 10.3. The van der Waals surface area contributed by atoms with Gasteiger partial charge in [0.15, 0.2) is 0 Å². The van der Waals surface area contributed by atoms with E-state index in [-0.39, 0.29) is 6.10 Å². The predicted octanol–water partition coefficient (Wildman–Crippen LogP) is 4.98. The zero-order valence-corrected chi connectivity index (χ0v) is 13.9. The lowest BCUT2D eigenvalue weighted by Crippen LogP contribution is -2.14. The van der Waals surface area contributed by atoms with E-state index in [0.717, 1.165) is 18.9 Å². The first kappa shape index (κ1) is 19.9. The third-order valence-corrected chi connectivity index (χ3v) is 3.68. The van der Waals surface area contributed by atoms with Crippen molar-refractivity contribution in [3.63, 3.8) is 0 Å². The molecule has 0 aliphatic rings. The molecular formula is C18H32O3. The Labute approximate surface area is 130 Å². The molecule has 122 valence electrons. The minimum absolute atomic E-state index is 0.227. The number of carbonyl (C=O) groups is 1. The van der Waals surface area contributed by atoms with Crippen molar-refractivity contribution in [2.45, 2.75) is 71.3 Å².